The first-order chi connectivity index (χ1) is 7.81. The van der Waals surface area contributed by atoms with Gasteiger partial charge in [-0.1, -0.05) is 23.5 Å². The number of aromatic nitrogens is 2. The molecule has 1 heterocycles. The highest BCUT2D eigenvalue weighted by atomic mass is 32.1. The molecule has 0 aliphatic heterocycles. The number of rotatable bonds is 3. The lowest BCUT2D eigenvalue weighted by Crippen LogP contribution is -2.17. The molecule has 2 rings (SSSR count). The van der Waals surface area contributed by atoms with E-state index in [0.717, 1.165) is 0 Å². The van der Waals surface area contributed by atoms with Crippen molar-refractivity contribution < 1.29 is 4.79 Å². The van der Waals surface area contributed by atoms with E-state index in [1.165, 1.54) is 11.3 Å². The number of nitrogen functional groups attached to an aromatic ring is 1. The van der Waals surface area contributed by atoms with E-state index in [1.807, 2.05) is 0 Å². The Balaban J connectivity index is 2.21. The molecule has 0 fully saturated rings. The zero-order valence-corrected chi connectivity index (χ0v) is 8.99. The molecule has 0 atom stereocenters. The van der Waals surface area contributed by atoms with Crippen LogP contribution in [0.4, 0.5) is 10.8 Å². The highest BCUT2D eigenvalue weighted by Crippen LogP contribution is 2.16. The number of hydrogen-bond acceptors (Lipinski definition) is 6. The summed E-state index contributed by atoms with van der Waals surface area (Å²) in [7, 11) is 0. The quantitative estimate of drug-likeness (QED) is 0.546. The van der Waals surface area contributed by atoms with Gasteiger partial charge in [-0.2, -0.15) is 0 Å². The van der Waals surface area contributed by atoms with Crippen molar-refractivity contribution in [2.24, 2.45) is 5.84 Å². The van der Waals surface area contributed by atoms with Gasteiger partial charge in [-0.25, -0.2) is 0 Å². The third kappa shape index (κ3) is 2.15. The van der Waals surface area contributed by atoms with E-state index in [2.05, 4.69) is 20.9 Å². The minimum atomic E-state index is -0.273. The van der Waals surface area contributed by atoms with Crippen molar-refractivity contribution >= 4 is 28.1 Å². The number of carbonyl (C=O) groups excluding carboxylic acids is 1. The smallest absolute Gasteiger partial charge is 0.259 e. The van der Waals surface area contributed by atoms with Crippen LogP contribution in [0.1, 0.15) is 10.4 Å². The molecule has 0 aliphatic rings. The van der Waals surface area contributed by atoms with Crippen molar-refractivity contribution in [2.75, 3.05) is 10.7 Å². The number of carbonyl (C=O) groups is 1. The Morgan fingerprint density at radius 2 is 2.19 bits per heavy atom. The molecule has 7 heteroatoms. The molecule has 0 unspecified atom stereocenters. The van der Waals surface area contributed by atoms with Crippen LogP contribution in [0, 0.1) is 0 Å². The van der Waals surface area contributed by atoms with Crippen LogP contribution in [-0.4, -0.2) is 16.1 Å². The summed E-state index contributed by atoms with van der Waals surface area (Å²) < 4.78 is 0. The lowest BCUT2D eigenvalue weighted by molar-refractivity contribution is 0.102. The number of nitrogens with one attached hydrogen (secondary N) is 2. The fourth-order valence-electron chi connectivity index (χ4n) is 1.20. The number of nitrogens with two attached hydrogens (primary N) is 1. The second-order valence-corrected chi connectivity index (χ2v) is 3.72. The fourth-order valence-corrected chi connectivity index (χ4v) is 1.64. The standard InChI is InChI=1S/C9H9N5OS/c10-13-7-4-2-1-3-6(7)8(15)12-9-14-11-5-16-9/h1-5,13H,10H2,(H,12,14,15). The maximum absolute atomic E-state index is 11.8. The van der Waals surface area contributed by atoms with Gasteiger partial charge < -0.3 is 5.43 Å². The summed E-state index contributed by atoms with van der Waals surface area (Å²) >= 11 is 1.25. The second kappa shape index (κ2) is 4.69. The molecule has 6 nitrogen and oxygen atoms in total. The molecule has 1 amide bonds. The summed E-state index contributed by atoms with van der Waals surface area (Å²) in [5, 5.41) is 10.4. The van der Waals surface area contributed by atoms with Gasteiger partial charge >= 0.3 is 0 Å². The highest BCUT2D eigenvalue weighted by Gasteiger charge is 2.11. The first kappa shape index (κ1) is 10.5. The van der Waals surface area contributed by atoms with Crippen molar-refractivity contribution in [2.45, 2.75) is 0 Å². The molecule has 4 N–H and O–H groups in total. The Morgan fingerprint density at radius 1 is 1.38 bits per heavy atom. The summed E-state index contributed by atoms with van der Waals surface area (Å²) in [5.41, 5.74) is 5.03. The Labute approximate surface area is 95.5 Å². The number of anilines is 2. The van der Waals surface area contributed by atoms with Crippen molar-refractivity contribution in [1.82, 2.24) is 10.2 Å². The first-order valence-electron chi connectivity index (χ1n) is 4.44. The van der Waals surface area contributed by atoms with E-state index in [0.29, 0.717) is 16.4 Å². The van der Waals surface area contributed by atoms with Gasteiger partial charge in [0.2, 0.25) is 5.13 Å². The Kier molecular flexibility index (Phi) is 3.08. The number of para-hydroxylation sites is 1. The Hall–Kier alpha value is -1.99. The van der Waals surface area contributed by atoms with Gasteiger partial charge in [0.15, 0.2) is 0 Å². The number of hydrogen-bond donors (Lipinski definition) is 3. The fraction of sp³-hybridized carbons (Fsp3) is 0. The third-order valence-electron chi connectivity index (χ3n) is 1.91. The molecule has 0 bridgehead atoms. The van der Waals surface area contributed by atoms with Crippen LogP contribution in [0.2, 0.25) is 0 Å². The molecule has 1 aromatic carbocycles. The second-order valence-electron chi connectivity index (χ2n) is 2.89. The minimum absolute atomic E-state index is 0.273. The van der Waals surface area contributed by atoms with Gasteiger partial charge in [0.1, 0.15) is 5.51 Å². The van der Waals surface area contributed by atoms with Crippen molar-refractivity contribution in [3.05, 3.63) is 35.3 Å². The average Bonchev–Trinajstić information content (AvgIpc) is 2.81. The summed E-state index contributed by atoms with van der Waals surface area (Å²) in [5.74, 6) is 5.03. The van der Waals surface area contributed by atoms with Gasteiger partial charge in [0, 0.05) is 0 Å². The average molecular weight is 235 g/mol. The lowest BCUT2D eigenvalue weighted by Gasteiger charge is -2.06. The molecule has 82 valence electrons. The predicted octanol–water partition coefficient (Wildman–Crippen LogP) is 1.08. The molecule has 16 heavy (non-hydrogen) atoms. The normalized spacial score (nSPS) is 9.81. The molecule has 0 saturated carbocycles. The van der Waals surface area contributed by atoms with E-state index in [-0.39, 0.29) is 5.91 Å². The van der Waals surface area contributed by atoms with Crippen molar-refractivity contribution in [1.29, 1.82) is 0 Å². The number of amides is 1. The summed E-state index contributed by atoms with van der Waals surface area (Å²) in [4.78, 5) is 11.8. The maximum atomic E-state index is 11.8. The summed E-state index contributed by atoms with van der Waals surface area (Å²) in [6.45, 7) is 0. The van der Waals surface area contributed by atoms with Gasteiger partial charge in [-0.15, -0.1) is 10.2 Å². The molecule has 1 aromatic heterocycles. The SMILES string of the molecule is NNc1ccccc1C(=O)Nc1nncs1. The van der Waals surface area contributed by atoms with Gasteiger partial charge in [-0.05, 0) is 12.1 Å². The number of hydrazine groups is 1. The van der Waals surface area contributed by atoms with E-state index in [1.54, 1.807) is 29.8 Å². The predicted molar refractivity (Wildman–Crippen MR) is 62.1 cm³/mol. The molecular formula is C9H9N5OS. The van der Waals surface area contributed by atoms with Crippen LogP contribution in [0.15, 0.2) is 29.8 Å². The van der Waals surface area contributed by atoms with Crippen LogP contribution in [0.25, 0.3) is 0 Å². The van der Waals surface area contributed by atoms with Crippen LogP contribution in [-0.2, 0) is 0 Å². The Morgan fingerprint density at radius 3 is 2.88 bits per heavy atom. The number of benzene rings is 1. The molecule has 0 radical (unpaired) electrons. The third-order valence-corrected chi connectivity index (χ3v) is 2.51. The minimum Gasteiger partial charge on any atom is -0.323 e. The zero-order chi connectivity index (χ0) is 11.4. The lowest BCUT2D eigenvalue weighted by atomic mass is 10.1. The van der Waals surface area contributed by atoms with Crippen LogP contribution in [0.5, 0.6) is 0 Å². The van der Waals surface area contributed by atoms with Crippen molar-refractivity contribution in [3.8, 4) is 0 Å². The van der Waals surface area contributed by atoms with E-state index < -0.39 is 0 Å². The first-order valence-corrected chi connectivity index (χ1v) is 5.32. The maximum Gasteiger partial charge on any atom is 0.259 e. The Bertz CT molecular complexity index is 484. The largest absolute Gasteiger partial charge is 0.323 e. The highest BCUT2D eigenvalue weighted by molar-refractivity contribution is 7.13. The van der Waals surface area contributed by atoms with E-state index in [9.17, 15) is 4.79 Å². The summed E-state index contributed by atoms with van der Waals surface area (Å²) in [6.07, 6.45) is 0. The van der Waals surface area contributed by atoms with E-state index >= 15 is 0 Å². The zero-order valence-electron chi connectivity index (χ0n) is 8.18. The van der Waals surface area contributed by atoms with Crippen molar-refractivity contribution in [3.63, 3.8) is 0 Å². The molecule has 2 aromatic rings. The van der Waals surface area contributed by atoms with Crippen LogP contribution < -0.4 is 16.6 Å². The molecule has 0 aliphatic carbocycles. The van der Waals surface area contributed by atoms with Gasteiger partial charge in [0.05, 0.1) is 11.3 Å². The molecule has 0 saturated heterocycles. The summed E-state index contributed by atoms with van der Waals surface area (Å²) in [6, 6.07) is 6.94. The topological polar surface area (TPSA) is 92.9 Å². The van der Waals surface area contributed by atoms with Gasteiger partial charge in [-0.3, -0.25) is 16.0 Å². The van der Waals surface area contributed by atoms with Crippen LogP contribution in [0.3, 0.4) is 0 Å². The number of nitrogens with zero attached hydrogens (tertiary/aromatic N) is 2. The van der Waals surface area contributed by atoms with E-state index in [4.69, 9.17) is 5.84 Å². The molecule has 0 spiro atoms. The van der Waals surface area contributed by atoms with Gasteiger partial charge in [0.25, 0.3) is 5.91 Å². The van der Waals surface area contributed by atoms with Crippen LogP contribution >= 0.6 is 11.3 Å². The molecular weight excluding hydrogens is 226 g/mol. The monoisotopic (exact) mass is 235 g/mol.